The number of aromatic nitrogens is 4. The lowest BCUT2D eigenvalue weighted by Crippen LogP contribution is -2.44. The Morgan fingerprint density at radius 1 is 0.443 bits per heavy atom. The summed E-state index contributed by atoms with van der Waals surface area (Å²) in [5.74, 6) is 2.96. The van der Waals surface area contributed by atoms with E-state index in [9.17, 15) is 15.6 Å². The van der Waals surface area contributed by atoms with Crippen LogP contribution >= 0.6 is 0 Å². The first-order valence-corrected chi connectivity index (χ1v) is 32.9. The molecule has 0 radical (unpaired) electrons. The second kappa shape index (κ2) is 21.8. The Bertz CT molecular complexity index is 3740. The van der Waals surface area contributed by atoms with Crippen LogP contribution < -0.4 is 33.1 Å². The van der Waals surface area contributed by atoms with Crippen molar-refractivity contribution in [3.63, 3.8) is 0 Å². The molecule has 15 heteroatoms. The number of benzene rings is 4. The zero-order valence-corrected chi connectivity index (χ0v) is 53.5. The second-order valence-electron chi connectivity index (χ2n) is 24.5. The summed E-state index contributed by atoms with van der Waals surface area (Å²) in [4.78, 5) is 4.98. The molecule has 0 spiro atoms. The highest BCUT2D eigenvalue weighted by molar-refractivity contribution is 6.74. The normalized spacial score (nSPS) is 12.4. The summed E-state index contributed by atoms with van der Waals surface area (Å²) in [5.41, 5.74) is 12.2. The van der Waals surface area contributed by atoms with Gasteiger partial charge in [-0.25, -0.2) is 4.98 Å². The summed E-state index contributed by atoms with van der Waals surface area (Å²) in [5, 5.41) is 49.0. The average Bonchev–Trinajstić information content (AvgIpc) is 3.51. The fourth-order valence-electron chi connectivity index (χ4n) is 10.1. The van der Waals surface area contributed by atoms with Gasteiger partial charge in [-0.15, -0.1) is 0 Å². The van der Waals surface area contributed by atoms with Gasteiger partial charge in [0.05, 0.1) is 44.6 Å². The van der Waals surface area contributed by atoms with Crippen molar-refractivity contribution in [3.05, 3.63) is 131 Å². The van der Waals surface area contributed by atoms with Crippen LogP contribution in [0.2, 0.25) is 36.3 Å². The number of ether oxygens (including phenoxy) is 4. The van der Waals surface area contributed by atoms with Crippen LogP contribution in [0, 0.1) is 84.9 Å². The highest BCUT2D eigenvalue weighted by Crippen LogP contribution is 2.43. The zero-order valence-electron chi connectivity index (χ0n) is 51.5. The van der Waals surface area contributed by atoms with Crippen molar-refractivity contribution in [3.8, 4) is 45.8 Å². The monoisotopic (exact) mass is 1110 g/mol. The van der Waals surface area contributed by atoms with Crippen molar-refractivity contribution in [2.75, 3.05) is 28.4 Å². The third kappa shape index (κ3) is 10.7. The minimum absolute atomic E-state index is 0.0195. The van der Waals surface area contributed by atoms with Gasteiger partial charge in [-0.3, -0.25) is 0 Å². The summed E-state index contributed by atoms with van der Waals surface area (Å²) in [6.07, 6.45) is 0. The molecule has 0 saturated carbocycles. The van der Waals surface area contributed by atoms with Crippen LogP contribution in [0.15, 0.2) is 48.5 Å². The van der Waals surface area contributed by atoms with Crippen molar-refractivity contribution in [1.82, 2.24) is 4.98 Å². The van der Waals surface area contributed by atoms with E-state index in [2.05, 4.69) is 93.7 Å². The number of nitrogens with zero attached hydrogens (tertiary/aromatic N) is 4. The topological polar surface area (TPSA) is 149 Å². The van der Waals surface area contributed by atoms with Crippen molar-refractivity contribution in [2.24, 2.45) is 0 Å². The van der Waals surface area contributed by atoms with Gasteiger partial charge in [-0.1, -0.05) is 53.7 Å². The third-order valence-electron chi connectivity index (χ3n) is 17.6. The smallest absolute Gasteiger partial charge is 0.298 e. The summed E-state index contributed by atoms with van der Waals surface area (Å²) in [6, 6.07) is 15.8. The van der Waals surface area contributed by atoms with E-state index in [0.717, 1.165) is 114 Å². The van der Waals surface area contributed by atoms with Crippen molar-refractivity contribution < 1.29 is 42.0 Å². The van der Waals surface area contributed by atoms with Gasteiger partial charge in [0.15, 0.2) is 16.6 Å². The molecule has 0 bridgehead atoms. The lowest BCUT2D eigenvalue weighted by atomic mass is 9.96. The standard InChI is InChI=1S/C32H42N2O5Si.C32H42N2O4Si/c1-18-13-23-15-27(33(35)22(5)28(23)31(38-10)21(18)4)29-25-14-19(2)20(3)30(37-9)26(25)16-24(34(29)36)17-39-40(11,12)32(6,7)8;1-18-13-23-15-27(33-22(5)28(23)31(37-10)21(18)4)29-25-14-19(2)20(3)30(36-9)26(25)16-24(34(29)35)17-38-39(11,12)32(6,7)8/h13-16H,17H2,1-12H3;13-16H,17H2,1-12H3. The van der Waals surface area contributed by atoms with E-state index >= 15 is 0 Å². The van der Waals surface area contributed by atoms with Crippen LogP contribution in [-0.2, 0) is 22.1 Å². The molecule has 8 rings (SSSR count). The van der Waals surface area contributed by atoms with Gasteiger partial charge in [0.1, 0.15) is 41.9 Å². The fraction of sp³-hybridized carbons (Fsp3) is 0.438. The van der Waals surface area contributed by atoms with E-state index in [0.29, 0.717) is 45.4 Å². The van der Waals surface area contributed by atoms with E-state index < -0.39 is 16.6 Å². The number of rotatable bonds is 12. The summed E-state index contributed by atoms with van der Waals surface area (Å²) in [7, 11) is 2.37. The van der Waals surface area contributed by atoms with Gasteiger partial charge >= 0.3 is 0 Å². The molecule has 0 amide bonds. The van der Waals surface area contributed by atoms with Gasteiger partial charge in [0.25, 0.3) is 17.1 Å². The highest BCUT2D eigenvalue weighted by atomic mass is 28.4. The maximum absolute atomic E-state index is 14.2. The van der Waals surface area contributed by atoms with E-state index in [-0.39, 0.29) is 34.7 Å². The molecular weight excluding hydrogens is 1020 g/mol. The largest absolute Gasteiger partial charge is 0.618 e. The first kappa shape index (κ1) is 60.1. The first-order valence-electron chi connectivity index (χ1n) is 27.1. The van der Waals surface area contributed by atoms with Crippen molar-refractivity contribution in [2.45, 2.75) is 160 Å². The number of hydrogen-bond donors (Lipinski definition) is 0. The molecule has 79 heavy (non-hydrogen) atoms. The Kier molecular flexibility index (Phi) is 16.6. The molecule has 422 valence electrons. The van der Waals surface area contributed by atoms with Crippen LogP contribution in [0.5, 0.6) is 23.0 Å². The molecule has 0 aliphatic carbocycles. The van der Waals surface area contributed by atoms with Gasteiger partial charge in [0, 0.05) is 47.0 Å². The SMILES string of the molecule is COc1c(C)c(C)cc2c(-c3cc4cc(C)c(C)c(OC)c4c(C)[n+]3[O-])[n+]([O-])c(CO[Si](C)(C)C(C)(C)C)cc12.COc1c(C)c(C)cc2c(-c3cc4cc(C)c(C)c(OC)c4c(C)n3)[n+]([O-])c(CO[Si](C)(C)C(C)(C)C)cc12. The molecule has 0 fully saturated rings. The van der Waals surface area contributed by atoms with E-state index in [4.69, 9.17) is 32.8 Å². The van der Waals surface area contributed by atoms with Crippen LogP contribution in [0.1, 0.15) is 109 Å². The maximum atomic E-state index is 14.2. The average molecular weight is 1110 g/mol. The Morgan fingerprint density at radius 2 is 0.810 bits per heavy atom. The Balaban J connectivity index is 0.000000229. The lowest BCUT2D eigenvalue weighted by Gasteiger charge is -2.35. The summed E-state index contributed by atoms with van der Waals surface area (Å²) < 4.78 is 39.0. The molecule has 4 heterocycles. The highest BCUT2D eigenvalue weighted by Gasteiger charge is 2.40. The third-order valence-corrected chi connectivity index (χ3v) is 26.5. The van der Waals surface area contributed by atoms with Gasteiger partial charge in [-0.05, 0) is 172 Å². The van der Waals surface area contributed by atoms with Gasteiger partial charge < -0.3 is 43.4 Å². The molecule has 0 saturated heterocycles. The quantitative estimate of drug-likeness (QED) is 0.0657. The Morgan fingerprint density at radius 3 is 1.23 bits per heavy atom. The van der Waals surface area contributed by atoms with Crippen molar-refractivity contribution >= 4 is 59.7 Å². The predicted molar refractivity (Wildman–Crippen MR) is 326 cm³/mol. The van der Waals surface area contributed by atoms with E-state index in [1.54, 1.807) is 41.4 Å². The van der Waals surface area contributed by atoms with E-state index in [1.165, 1.54) is 0 Å². The second-order valence-corrected chi connectivity index (χ2v) is 34.2. The van der Waals surface area contributed by atoms with Crippen LogP contribution in [0.25, 0.3) is 65.9 Å². The summed E-state index contributed by atoms with van der Waals surface area (Å²) >= 11 is 0. The summed E-state index contributed by atoms with van der Waals surface area (Å²) in [6.45, 7) is 42.1. The zero-order chi connectivity index (χ0) is 58.9. The molecule has 0 unspecified atom stereocenters. The van der Waals surface area contributed by atoms with Gasteiger partial charge in [-0.2, -0.15) is 14.2 Å². The van der Waals surface area contributed by atoms with Gasteiger partial charge in [0.2, 0.25) is 17.1 Å². The number of methoxy groups -OCH3 is 4. The molecule has 13 nitrogen and oxygen atoms in total. The molecule has 0 N–H and O–H groups in total. The Hall–Kier alpha value is -6.53. The molecule has 0 aliphatic rings. The minimum Gasteiger partial charge on any atom is -0.618 e. The van der Waals surface area contributed by atoms with Crippen LogP contribution in [0.4, 0.5) is 0 Å². The number of fused-ring (bicyclic) bond motifs is 4. The van der Waals surface area contributed by atoms with E-state index in [1.807, 2.05) is 78.8 Å². The fourth-order valence-corrected chi connectivity index (χ4v) is 12.0. The number of aryl methyl sites for hydroxylation is 6. The molecule has 8 aromatic rings. The maximum Gasteiger partial charge on any atom is 0.298 e. The molecule has 4 aromatic heterocycles. The molecule has 4 aromatic carbocycles. The number of hydrogen-bond acceptors (Lipinski definition) is 10. The Labute approximate surface area is 470 Å². The minimum atomic E-state index is -2.16. The molecule has 0 aliphatic heterocycles. The predicted octanol–water partition coefficient (Wildman–Crippen LogP) is 14.8. The van der Waals surface area contributed by atoms with Crippen LogP contribution in [0.3, 0.4) is 0 Å². The molecule has 0 atom stereocenters. The van der Waals surface area contributed by atoms with Crippen LogP contribution in [-0.4, -0.2) is 50.1 Å². The number of pyridine rings is 4. The lowest BCUT2D eigenvalue weighted by molar-refractivity contribution is -0.632. The van der Waals surface area contributed by atoms with Crippen molar-refractivity contribution in [1.29, 1.82) is 0 Å². The molecular formula is C64H84N4O9Si2. The first-order chi connectivity index (χ1) is 36.7.